The molecule has 4 heteroatoms. The van der Waals surface area contributed by atoms with Crippen LogP contribution in [0.3, 0.4) is 0 Å². The minimum absolute atomic E-state index is 0.105. The average molecular weight is 373 g/mol. The van der Waals surface area contributed by atoms with E-state index in [1.807, 2.05) is 0 Å². The standard InChI is InChI=1S/C23H32O4/c1-20-10-4-3-5-16(20)6-7-17-18(20)8-11-21(2)19(17)9-12-22(21)23(27-15-25-22)13-24-14-26-23/h4-5,10,17-19H,3,6-9,11-15H2,1-2H3/t17-,18+,19+,20+,21+,22-,23?/m1/s1. The molecule has 0 aromatic carbocycles. The van der Waals surface area contributed by atoms with Crippen LogP contribution in [0.2, 0.25) is 0 Å². The number of allylic oxidation sites excluding steroid dienone is 4. The molecule has 4 nitrogen and oxygen atoms in total. The molecule has 6 rings (SSSR count). The van der Waals surface area contributed by atoms with Gasteiger partial charge in [-0.15, -0.1) is 0 Å². The molecule has 2 saturated heterocycles. The fourth-order valence-corrected chi connectivity index (χ4v) is 8.32. The van der Waals surface area contributed by atoms with E-state index in [1.165, 1.54) is 32.1 Å². The zero-order valence-corrected chi connectivity index (χ0v) is 16.7. The Hall–Kier alpha value is -0.680. The summed E-state index contributed by atoms with van der Waals surface area (Å²) in [6, 6.07) is 0. The zero-order valence-electron chi connectivity index (χ0n) is 16.7. The smallest absolute Gasteiger partial charge is 0.226 e. The third kappa shape index (κ3) is 1.89. The van der Waals surface area contributed by atoms with Gasteiger partial charge in [-0.25, -0.2) is 0 Å². The lowest BCUT2D eigenvalue weighted by atomic mass is 9.47. The summed E-state index contributed by atoms with van der Waals surface area (Å²) in [6.07, 6.45) is 15.9. The first kappa shape index (κ1) is 17.2. The van der Waals surface area contributed by atoms with Gasteiger partial charge >= 0.3 is 0 Å². The largest absolute Gasteiger partial charge is 0.350 e. The normalized spacial score (nSPS) is 56.2. The fourth-order valence-electron chi connectivity index (χ4n) is 8.32. The average Bonchev–Trinajstić information content (AvgIpc) is 3.36. The van der Waals surface area contributed by atoms with E-state index in [0.29, 0.717) is 26.1 Å². The van der Waals surface area contributed by atoms with Crippen molar-refractivity contribution >= 4 is 0 Å². The topological polar surface area (TPSA) is 36.9 Å². The van der Waals surface area contributed by atoms with E-state index in [2.05, 4.69) is 32.1 Å². The third-order valence-electron chi connectivity index (χ3n) is 9.61. The Morgan fingerprint density at radius 2 is 1.81 bits per heavy atom. The number of hydrogen-bond donors (Lipinski definition) is 0. The highest BCUT2D eigenvalue weighted by Gasteiger charge is 2.75. The van der Waals surface area contributed by atoms with Crippen molar-refractivity contribution in [3.05, 3.63) is 23.8 Å². The van der Waals surface area contributed by atoms with Crippen LogP contribution in [0.15, 0.2) is 23.8 Å². The number of hydrogen-bond acceptors (Lipinski definition) is 4. The molecule has 4 aliphatic carbocycles. The van der Waals surface area contributed by atoms with E-state index >= 15 is 0 Å². The third-order valence-corrected chi connectivity index (χ3v) is 9.61. The molecule has 0 aromatic heterocycles. The predicted octanol–water partition coefficient (Wildman–Crippen LogP) is 4.56. The molecule has 148 valence electrons. The van der Waals surface area contributed by atoms with Crippen molar-refractivity contribution in [1.29, 1.82) is 0 Å². The van der Waals surface area contributed by atoms with Gasteiger partial charge in [0.05, 0.1) is 0 Å². The first-order chi connectivity index (χ1) is 13.0. The molecule has 0 N–H and O–H groups in total. The second kappa shape index (κ2) is 5.47. The minimum atomic E-state index is -0.683. The van der Waals surface area contributed by atoms with Crippen LogP contribution < -0.4 is 0 Å². The Morgan fingerprint density at radius 3 is 2.67 bits per heavy atom. The molecule has 5 fully saturated rings. The molecule has 1 unspecified atom stereocenters. The van der Waals surface area contributed by atoms with Crippen molar-refractivity contribution in [2.75, 3.05) is 20.2 Å². The Labute approximate surface area is 162 Å². The maximum Gasteiger partial charge on any atom is 0.226 e. The fraction of sp³-hybridized carbons (Fsp3) is 0.826. The summed E-state index contributed by atoms with van der Waals surface area (Å²) in [5, 5.41) is 0. The van der Waals surface area contributed by atoms with E-state index in [0.717, 1.165) is 24.7 Å². The molecule has 2 heterocycles. The number of fused-ring (bicyclic) bond motifs is 7. The van der Waals surface area contributed by atoms with E-state index < -0.39 is 5.79 Å². The lowest BCUT2D eigenvalue weighted by Gasteiger charge is -2.59. The number of ether oxygens (including phenoxy) is 4. The van der Waals surface area contributed by atoms with Crippen molar-refractivity contribution in [2.45, 2.75) is 70.2 Å². The van der Waals surface area contributed by atoms with Gasteiger partial charge in [0.15, 0.2) is 13.6 Å². The molecule has 3 saturated carbocycles. The van der Waals surface area contributed by atoms with Crippen LogP contribution in [0.5, 0.6) is 0 Å². The van der Waals surface area contributed by atoms with Gasteiger partial charge in [0.2, 0.25) is 5.79 Å². The van der Waals surface area contributed by atoms with Crippen LogP contribution in [-0.2, 0) is 18.9 Å². The summed E-state index contributed by atoms with van der Waals surface area (Å²) < 4.78 is 24.3. The minimum Gasteiger partial charge on any atom is -0.350 e. The maximum absolute atomic E-state index is 6.47. The van der Waals surface area contributed by atoms with Crippen LogP contribution in [0.25, 0.3) is 0 Å². The molecular formula is C23H32O4. The maximum atomic E-state index is 6.47. The Morgan fingerprint density at radius 1 is 0.963 bits per heavy atom. The van der Waals surface area contributed by atoms with Crippen molar-refractivity contribution in [1.82, 2.24) is 0 Å². The van der Waals surface area contributed by atoms with Gasteiger partial charge in [0, 0.05) is 10.8 Å². The van der Waals surface area contributed by atoms with Crippen LogP contribution in [0.1, 0.15) is 58.8 Å². The quantitative estimate of drug-likeness (QED) is 0.584. The SMILES string of the molecule is C[C@]12C=CCC=C1CC[C@@H]1[C@@H]2CC[C@@]2(C)[C@H]1CC[C@@]21OCOC12COCO2. The molecular weight excluding hydrogens is 340 g/mol. The van der Waals surface area contributed by atoms with E-state index in [-0.39, 0.29) is 16.4 Å². The van der Waals surface area contributed by atoms with Gasteiger partial charge in [0.1, 0.15) is 12.2 Å². The molecule has 0 radical (unpaired) electrons. The Kier molecular flexibility index (Phi) is 3.49. The first-order valence-electron chi connectivity index (χ1n) is 10.9. The van der Waals surface area contributed by atoms with E-state index in [4.69, 9.17) is 18.9 Å². The molecule has 0 amide bonds. The van der Waals surface area contributed by atoms with E-state index in [9.17, 15) is 0 Å². The van der Waals surface area contributed by atoms with Gasteiger partial charge in [-0.3, -0.25) is 0 Å². The molecule has 2 aliphatic heterocycles. The summed E-state index contributed by atoms with van der Waals surface area (Å²) in [7, 11) is 0. The summed E-state index contributed by atoms with van der Waals surface area (Å²) >= 11 is 0. The summed E-state index contributed by atoms with van der Waals surface area (Å²) in [4.78, 5) is 0. The highest BCUT2D eigenvalue weighted by atomic mass is 16.9. The molecule has 6 aliphatic rings. The van der Waals surface area contributed by atoms with Gasteiger partial charge in [-0.1, -0.05) is 37.6 Å². The van der Waals surface area contributed by atoms with Crippen LogP contribution >= 0.6 is 0 Å². The molecule has 0 aromatic rings. The summed E-state index contributed by atoms with van der Waals surface area (Å²) in [5.74, 6) is 1.54. The zero-order chi connectivity index (χ0) is 18.3. The molecule has 7 atom stereocenters. The van der Waals surface area contributed by atoms with Crippen molar-refractivity contribution in [3.63, 3.8) is 0 Å². The van der Waals surface area contributed by atoms with Gasteiger partial charge < -0.3 is 18.9 Å². The summed E-state index contributed by atoms with van der Waals surface area (Å²) in [6.45, 7) is 6.16. The predicted molar refractivity (Wildman–Crippen MR) is 101 cm³/mol. The lowest BCUT2D eigenvalue weighted by Crippen LogP contribution is -2.63. The highest BCUT2D eigenvalue weighted by molar-refractivity contribution is 5.32. The lowest BCUT2D eigenvalue weighted by molar-refractivity contribution is -0.248. The van der Waals surface area contributed by atoms with E-state index in [1.54, 1.807) is 5.57 Å². The monoisotopic (exact) mass is 372 g/mol. The second-order valence-electron chi connectivity index (χ2n) is 10.2. The second-order valence-corrected chi connectivity index (χ2v) is 10.2. The highest BCUT2D eigenvalue weighted by Crippen LogP contribution is 2.71. The first-order valence-corrected chi connectivity index (χ1v) is 10.9. The van der Waals surface area contributed by atoms with Gasteiger partial charge in [0.25, 0.3) is 0 Å². The Bertz CT molecular complexity index is 702. The van der Waals surface area contributed by atoms with Crippen molar-refractivity contribution in [3.8, 4) is 0 Å². The molecule has 0 bridgehead atoms. The Balaban J connectivity index is 1.39. The molecule has 27 heavy (non-hydrogen) atoms. The van der Waals surface area contributed by atoms with Gasteiger partial charge in [-0.05, 0) is 62.7 Å². The van der Waals surface area contributed by atoms with Crippen molar-refractivity contribution < 1.29 is 18.9 Å². The summed E-state index contributed by atoms with van der Waals surface area (Å²) in [5.41, 5.74) is 1.74. The van der Waals surface area contributed by atoms with Crippen LogP contribution in [0, 0.1) is 28.6 Å². The van der Waals surface area contributed by atoms with Crippen molar-refractivity contribution in [2.24, 2.45) is 28.6 Å². The van der Waals surface area contributed by atoms with Gasteiger partial charge in [-0.2, -0.15) is 0 Å². The molecule has 2 spiro atoms. The van der Waals surface area contributed by atoms with Crippen LogP contribution in [0.4, 0.5) is 0 Å². The number of rotatable bonds is 0. The van der Waals surface area contributed by atoms with Crippen LogP contribution in [-0.4, -0.2) is 31.6 Å².